The van der Waals surface area contributed by atoms with E-state index in [9.17, 15) is 9.59 Å². The van der Waals surface area contributed by atoms with Crippen molar-refractivity contribution in [2.75, 3.05) is 14.2 Å². The van der Waals surface area contributed by atoms with Crippen molar-refractivity contribution >= 4 is 45.7 Å². The van der Waals surface area contributed by atoms with Crippen molar-refractivity contribution in [2.24, 2.45) is 4.99 Å². The lowest BCUT2D eigenvalue weighted by molar-refractivity contribution is 0.0601. The van der Waals surface area contributed by atoms with Crippen LogP contribution in [0, 0.1) is 6.92 Å². The summed E-state index contributed by atoms with van der Waals surface area (Å²) in [5.41, 5.74) is 0.688. The van der Waals surface area contributed by atoms with Gasteiger partial charge in [-0.05, 0) is 24.7 Å². The third-order valence-corrected chi connectivity index (χ3v) is 3.29. The molecular formula is C10H9NO4S2. The van der Waals surface area contributed by atoms with Gasteiger partial charge >= 0.3 is 11.9 Å². The number of aliphatic imine (C=N–C) groups is 1. The Morgan fingerprint density at radius 3 is 2.35 bits per heavy atom. The predicted molar refractivity (Wildman–Crippen MR) is 66.4 cm³/mol. The molecule has 0 fully saturated rings. The van der Waals surface area contributed by atoms with Gasteiger partial charge in [0.05, 0.1) is 19.4 Å². The molecule has 0 aromatic carbocycles. The second kappa shape index (κ2) is 5.67. The van der Waals surface area contributed by atoms with Gasteiger partial charge in [0.25, 0.3) is 0 Å². The molecule has 5 nitrogen and oxygen atoms in total. The Bertz CT molecular complexity index is 515. The van der Waals surface area contributed by atoms with Gasteiger partial charge in [0.2, 0.25) is 0 Å². The number of thiophene rings is 1. The molecule has 0 radical (unpaired) electrons. The smallest absolute Gasteiger partial charge is 0.348 e. The van der Waals surface area contributed by atoms with Crippen LogP contribution in [0.2, 0.25) is 0 Å². The molecule has 1 aromatic rings. The summed E-state index contributed by atoms with van der Waals surface area (Å²) in [6.45, 7) is 1.62. The Morgan fingerprint density at radius 1 is 1.29 bits per heavy atom. The number of hydrogen-bond acceptors (Lipinski definition) is 7. The molecule has 0 aliphatic rings. The van der Waals surface area contributed by atoms with Crippen LogP contribution in [-0.2, 0) is 9.47 Å². The molecule has 0 bridgehead atoms. The molecular weight excluding hydrogens is 262 g/mol. The lowest BCUT2D eigenvalue weighted by Crippen LogP contribution is -2.05. The van der Waals surface area contributed by atoms with E-state index in [0.29, 0.717) is 15.4 Å². The summed E-state index contributed by atoms with van der Waals surface area (Å²) in [5, 5.41) is 2.46. The maximum absolute atomic E-state index is 11.6. The first-order valence-corrected chi connectivity index (χ1v) is 5.67. The number of carbonyl (C=O) groups excluding carboxylic acids is 2. The molecule has 0 amide bonds. The molecule has 7 heteroatoms. The summed E-state index contributed by atoms with van der Waals surface area (Å²) in [5.74, 6) is -1.10. The quantitative estimate of drug-likeness (QED) is 0.479. The van der Waals surface area contributed by atoms with Crippen LogP contribution in [0.4, 0.5) is 5.00 Å². The first-order chi connectivity index (χ1) is 8.06. The molecule has 0 aliphatic heterocycles. The Morgan fingerprint density at radius 2 is 1.88 bits per heavy atom. The van der Waals surface area contributed by atoms with Gasteiger partial charge in [0.15, 0.2) is 0 Å². The van der Waals surface area contributed by atoms with Crippen LogP contribution in [0.1, 0.15) is 25.6 Å². The van der Waals surface area contributed by atoms with E-state index in [1.165, 1.54) is 14.2 Å². The van der Waals surface area contributed by atoms with E-state index in [1.807, 2.05) is 0 Å². The van der Waals surface area contributed by atoms with E-state index in [0.717, 1.165) is 11.3 Å². The molecule has 0 saturated carbocycles. The second-order valence-electron chi connectivity index (χ2n) is 2.92. The number of isothiocyanates is 1. The van der Waals surface area contributed by atoms with Crippen LogP contribution in [0.15, 0.2) is 4.99 Å². The van der Waals surface area contributed by atoms with Gasteiger partial charge < -0.3 is 9.47 Å². The molecule has 0 saturated heterocycles. The number of methoxy groups -OCH3 is 2. The molecule has 1 heterocycles. The first kappa shape index (κ1) is 13.5. The molecule has 1 rings (SSSR count). The number of hydrogen-bond donors (Lipinski definition) is 0. The third kappa shape index (κ3) is 2.58. The zero-order valence-corrected chi connectivity index (χ0v) is 11.0. The minimum Gasteiger partial charge on any atom is -0.465 e. The van der Waals surface area contributed by atoms with Crippen molar-refractivity contribution < 1.29 is 19.1 Å². The van der Waals surface area contributed by atoms with E-state index in [2.05, 4.69) is 31.8 Å². The summed E-state index contributed by atoms with van der Waals surface area (Å²) in [6.07, 6.45) is 0. The number of thiocarbonyl (C=S) groups is 1. The van der Waals surface area contributed by atoms with Crippen molar-refractivity contribution in [1.29, 1.82) is 0 Å². The highest BCUT2D eigenvalue weighted by Gasteiger charge is 2.25. The number of ether oxygens (including phenoxy) is 2. The largest absolute Gasteiger partial charge is 0.465 e. The normalized spacial score (nSPS) is 9.35. The number of rotatable bonds is 3. The van der Waals surface area contributed by atoms with Crippen LogP contribution in [0.3, 0.4) is 0 Å². The fourth-order valence-electron chi connectivity index (χ4n) is 1.25. The molecule has 90 valence electrons. The SMILES string of the molecule is COC(=O)c1sc(N=C=S)c(C(=O)OC)c1C. The van der Waals surface area contributed by atoms with Gasteiger partial charge in [0, 0.05) is 0 Å². The maximum Gasteiger partial charge on any atom is 0.348 e. The standard InChI is InChI=1S/C10H9NO4S2/c1-5-6(9(12)14-2)8(11-4-16)17-7(5)10(13)15-3/h1-3H3. The highest BCUT2D eigenvalue weighted by molar-refractivity contribution is 7.78. The van der Waals surface area contributed by atoms with E-state index in [-0.39, 0.29) is 5.56 Å². The van der Waals surface area contributed by atoms with Crippen LogP contribution >= 0.6 is 23.6 Å². The number of esters is 2. The Kier molecular flexibility index (Phi) is 4.51. The average Bonchev–Trinajstić information content (AvgIpc) is 2.65. The number of carbonyl (C=O) groups is 2. The first-order valence-electron chi connectivity index (χ1n) is 4.44. The molecule has 0 unspecified atom stereocenters. The maximum atomic E-state index is 11.6. The highest BCUT2D eigenvalue weighted by atomic mass is 32.1. The topological polar surface area (TPSA) is 65.0 Å². The van der Waals surface area contributed by atoms with Crippen molar-refractivity contribution in [3.63, 3.8) is 0 Å². The summed E-state index contributed by atoms with van der Waals surface area (Å²) >= 11 is 5.50. The zero-order chi connectivity index (χ0) is 13.0. The van der Waals surface area contributed by atoms with Gasteiger partial charge in [-0.25, -0.2) is 9.59 Å². The highest BCUT2D eigenvalue weighted by Crippen LogP contribution is 2.35. The molecule has 1 aromatic heterocycles. The van der Waals surface area contributed by atoms with Crippen molar-refractivity contribution in [3.8, 4) is 0 Å². The zero-order valence-electron chi connectivity index (χ0n) is 9.40. The summed E-state index contributed by atoms with van der Waals surface area (Å²) in [6, 6.07) is 0. The molecule has 0 N–H and O–H groups in total. The van der Waals surface area contributed by atoms with E-state index in [4.69, 9.17) is 0 Å². The fourth-order valence-corrected chi connectivity index (χ4v) is 2.44. The van der Waals surface area contributed by atoms with Crippen LogP contribution in [0.5, 0.6) is 0 Å². The number of nitrogens with zero attached hydrogens (tertiary/aromatic N) is 1. The van der Waals surface area contributed by atoms with Gasteiger partial charge in [-0.3, -0.25) is 0 Å². The van der Waals surface area contributed by atoms with Gasteiger partial charge in [0.1, 0.15) is 15.4 Å². The van der Waals surface area contributed by atoms with Gasteiger partial charge in [-0.2, -0.15) is 4.99 Å². The fraction of sp³-hybridized carbons (Fsp3) is 0.300. The molecule has 17 heavy (non-hydrogen) atoms. The average molecular weight is 271 g/mol. The van der Waals surface area contributed by atoms with Gasteiger partial charge in [-0.15, -0.1) is 11.3 Å². The Labute approximate surface area is 107 Å². The molecule has 0 atom stereocenters. The monoisotopic (exact) mass is 271 g/mol. The summed E-state index contributed by atoms with van der Waals surface area (Å²) in [7, 11) is 2.52. The van der Waals surface area contributed by atoms with Crippen LogP contribution in [-0.4, -0.2) is 31.3 Å². The van der Waals surface area contributed by atoms with E-state index in [1.54, 1.807) is 6.92 Å². The Balaban J connectivity index is 3.45. The Hall–Kier alpha value is -1.56. The van der Waals surface area contributed by atoms with E-state index >= 15 is 0 Å². The van der Waals surface area contributed by atoms with Gasteiger partial charge in [-0.1, -0.05) is 0 Å². The summed E-state index contributed by atoms with van der Waals surface area (Å²) < 4.78 is 9.23. The molecule has 0 spiro atoms. The van der Waals surface area contributed by atoms with Crippen molar-refractivity contribution in [1.82, 2.24) is 0 Å². The minimum absolute atomic E-state index is 0.218. The second-order valence-corrected chi connectivity index (χ2v) is 4.10. The van der Waals surface area contributed by atoms with Crippen molar-refractivity contribution in [3.05, 3.63) is 16.0 Å². The summed E-state index contributed by atoms with van der Waals surface area (Å²) in [4.78, 5) is 27.1. The van der Waals surface area contributed by atoms with Crippen LogP contribution < -0.4 is 0 Å². The third-order valence-electron chi connectivity index (χ3n) is 2.04. The minimum atomic E-state index is -0.571. The van der Waals surface area contributed by atoms with Crippen LogP contribution in [0.25, 0.3) is 0 Å². The van der Waals surface area contributed by atoms with E-state index < -0.39 is 11.9 Å². The lowest BCUT2D eigenvalue weighted by atomic mass is 10.1. The lowest BCUT2D eigenvalue weighted by Gasteiger charge is -1.99. The van der Waals surface area contributed by atoms with Crippen molar-refractivity contribution in [2.45, 2.75) is 6.92 Å². The predicted octanol–water partition coefficient (Wildman–Crippen LogP) is 2.36. The molecule has 0 aliphatic carbocycles.